The first-order valence-corrected chi connectivity index (χ1v) is 8.40. The molecule has 5 nitrogen and oxygen atoms in total. The Kier molecular flexibility index (Phi) is 7.75. The fourth-order valence-corrected chi connectivity index (χ4v) is 2.40. The second-order valence-electron chi connectivity index (χ2n) is 5.57. The van der Waals surface area contributed by atoms with Gasteiger partial charge in [-0.2, -0.15) is 5.26 Å². The van der Waals surface area contributed by atoms with Gasteiger partial charge in [-0.25, -0.2) is 0 Å². The molecule has 134 valence electrons. The zero-order valence-corrected chi connectivity index (χ0v) is 14.8. The average Bonchev–Trinajstić information content (AvgIpc) is 2.69. The Hall–Kier alpha value is -3.26. The van der Waals surface area contributed by atoms with Crippen LogP contribution in [0.2, 0.25) is 0 Å². The summed E-state index contributed by atoms with van der Waals surface area (Å²) in [5, 5.41) is 11.4. The topological polar surface area (TPSA) is 71.3 Å². The van der Waals surface area contributed by atoms with Crippen molar-refractivity contribution in [2.24, 2.45) is 0 Å². The van der Waals surface area contributed by atoms with Crippen molar-refractivity contribution in [1.29, 1.82) is 5.26 Å². The number of carbonyl (C=O) groups excluding carboxylic acids is 1. The van der Waals surface area contributed by atoms with Gasteiger partial charge in [0.1, 0.15) is 6.07 Å². The van der Waals surface area contributed by atoms with Crippen LogP contribution >= 0.6 is 0 Å². The van der Waals surface area contributed by atoms with Gasteiger partial charge in [0.15, 0.2) is 18.1 Å². The van der Waals surface area contributed by atoms with Gasteiger partial charge in [0.25, 0.3) is 0 Å². The van der Waals surface area contributed by atoms with Crippen LogP contribution in [-0.4, -0.2) is 26.2 Å². The Morgan fingerprint density at radius 3 is 2.73 bits per heavy atom. The molecule has 0 saturated heterocycles. The number of hydrogen-bond donors (Lipinski definition) is 1. The average molecular weight is 350 g/mol. The van der Waals surface area contributed by atoms with Gasteiger partial charge in [0.05, 0.1) is 7.11 Å². The van der Waals surface area contributed by atoms with E-state index in [9.17, 15) is 4.79 Å². The molecule has 5 heteroatoms. The fourth-order valence-electron chi connectivity index (χ4n) is 2.40. The second-order valence-corrected chi connectivity index (χ2v) is 5.57. The van der Waals surface area contributed by atoms with Crippen molar-refractivity contribution in [3.05, 3.63) is 65.7 Å². The maximum atomic E-state index is 11.9. The van der Waals surface area contributed by atoms with E-state index in [1.165, 1.54) is 18.7 Å². The Balaban J connectivity index is 1.80. The number of nitrogens with one attached hydrogen (secondary N) is 1. The largest absolute Gasteiger partial charge is 0.493 e. The van der Waals surface area contributed by atoms with Crippen LogP contribution in [0.25, 0.3) is 6.08 Å². The Bertz CT molecular complexity index is 780. The molecule has 0 spiro atoms. The van der Waals surface area contributed by atoms with Crippen molar-refractivity contribution in [3.8, 4) is 17.6 Å². The lowest BCUT2D eigenvalue weighted by atomic mass is 10.1. The normalized spacial score (nSPS) is 10.3. The molecule has 1 amide bonds. The lowest BCUT2D eigenvalue weighted by Gasteiger charge is -2.08. The van der Waals surface area contributed by atoms with E-state index >= 15 is 0 Å². The third-order valence-electron chi connectivity index (χ3n) is 3.69. The van der Waals surface area contributed by atoms with E-state index in [1.54, 1.807) is 24.3 Å². The first-order valence-electron chi connectivity index (χ1n) is 8.40. The third kappa shape index (κ3) is 6.33. The summed E-state index contributed by atoms with van der Waals surface area (Å²) in [6.45, 7) is 0.583. The minimum absolute atomic E-state index is 0.0447. The molecule has 0 aromatic heterocycles. The van der Waals surface area contributed by atoms with Crippen molar-refractivity contribution in [2.75, 3.05) is 20.3 Å². The van der Waals surface area contributed by atoms with Crippen molar-refractivity contribution < 1.29 is 14.3 Å². The van der Waals surface area contributed by atoms with Crippen molar-refractivity contribution in [3.63, 3.8) is 0 Å². The molecule has 0 aliphatic rings. The molecular formula is C21H22N2O3. The summed E-state index contributed by atoms with van der Waals surface area (Å²) in [5.41, 5.74) is 2.08. The van der Waals surface area contributed by atoms with E-state index in [0.29, 0.717) is 18.0 Å². The number of rotatable bonds is 9. The predicted molar refractivity (Wildman–Crippen MR) is 101 cm³/mol. The van der Waals surface area contributed by atoms with Gasteiger partial charge in [-0.15, -0.1) is 0 Å². The number of hydrogen-bond acceptors (Lipinski definition) is 4. The van der Waals surface area contributed by atoms with Gasteiger partial charge in [0, 0.05) is 12.6 Å². The number of carbonyl (C=O) groups is 1. The zero-order valence-electron chi connectivity index (χ0n) is 14.8. The van der Waals surface area contributed by atoms with Crippen molar-refractivity contribution in [1.82, 2.24) is 5.32 Å². The molecule has 0 radical (unpaired) electrons. The molecule has 26 heavy (non-hydrogen) atoms. The summed E-state index contributed by atoms with van der Waals surface area (Å²) in [4.78, 5) is 11.9. The van der Waals surface area contributed by atoms with Crippen molar-refractivity contribution >= 4 is 12.0 Å². The highest BCUT2D eigenvalue weighted by molar-refractivity contribution is 5.91. The molecule has 0 bridgehead atoms. The van der Waals surface area contributed by atoms with E-state index in [0.717, 1.165) is 18.4 Å². The van der Waals surface area contributed by atoms with Crippen LogP contribution in [0, 0.1) is 11.3 Å². The molecule has 0 atom stereocenters. The molecule has 0 unspecified atom stereocenters. The highest BCUT2D eigenvalue weighted by Crippen LogP contribution is 2.28. The number of nitrogens with zero attached hydrogens (tertiary/aromatic N) is 1. The lowest BCUT2D eigenvalue weighted by molar-refractivity contribution is -0.116. The molecule has 0 heterocycles. The summed E-state index contributed by atoms with van der Waals surface area (Å²) < 4.78 is 10.5. The van der Waals surface area contributed by atoms with Crippen LogP contribution < -0.4 is 14.8 Å². The van der Waals surface area contributed by atoms with Crippen molar-refractivity contribution in [2.45, 2.75) is 12.8 Å². The van der Waals surface area contributed by atoms with Gasteiger partial charge in [-0.1, -0.05) is 36.4 Å². The first-order chi connectivity index (χ1) is 12.7. The second kappa shape index (κ2) is 10.6. The zero-order chi connectivity index (χ0) is 18.6. The van der Waals surface area contributed by atoms with Crippen LogP contribution in [-0.2, 0) is 11.2 Å². The number of nitriles is 1. The van der Waals surface area contributed by atoms with Crippen LogP contribution in [0.3, 0.4) is 0 Å². The maximum absolute atomic E-state index is 11.9. The molecule has 0 fully saturated rings. The number of aryl methyl sites for hydroxylation is 1. The van der Waals surface area contributed by atoms with Gasteiger partial charge < -0.3 is 14.8 Å². The molecular weight excluding hydrogens is 328 g/mol. The highest BCUT2D eigenvalue weighted by atomic mass is 16.5. The monoisotopic (exact) mass is 350 g/mol. The molecule has 2 aromatic carbocycles. The number of ether oxygens (including phenoxy) is 2. The Morgan fingerprint density at radius 2 is 2.00 bits per heavy atom. The summed E-state index contributed by atoms with van der Waals surface area (Å²) in [6, 6.07) is 17.4. The molecule has 2 aromatic rings. The summed E-state index contributed by atoms with van der Waals surface area (Å²) in [6.07, 6.45) is 5.03. The summed E-state index contributed by atoms with van der Waals surface area (Å²) >= 11 is 0. The maximum Gasteiger partial charge on any atom is 0.243 e. The van der Waals surface area contributed by atoms with Gasteiger partial charge in [-0.05, 0) is 42.2 Å². The van der Waals surface area contributed by atoms with E-state index in [4.69, 9.17) is 14.7 Å². The first kappa shape index (κ1) is 19.1. The third-order valence-corrected chi connectivity index (χ3v) is 3.69. The molecule has 0 saturated carbocycles. The molecule has 2 rings (SSSR count). The number of methoxy groups -OCH3 is 1. The highest BCUT2D eigenvalue weighted by Gasteiger charge is 2.04. The summed E-state index contributed by atoms with van der Waals surface area (Å²) in [5.74, 6) is 0.879. The standard InChI is InChI=1S/C21H22N2O3/c1-25-20-16-18(9-11-19(20)26-15-13-22)10-12-21(24)23-14-5-8-17-6-3-2-4-7-17/h2-4,6-7,9-12,16H,5,8,14-15H2,1H3,(H,23,24)/b12-10+. The SMILES string of the molecule is COc1cc(/C=C/C(=O)NCCCc2ccccc2)ccc1OCC#N. The minimum atomic E-state index is -0.137. The molecule has 0 aliphatic heterocycles. The van der Waals surface area contributed by atoms with Gasteiger partial charge in [0.2, 0.25) is 5.91 Å². The number of benzene rings is 2. The Labute approximate surface area is 153 Å². The van der Waals surface area contributed by atoms with Crippen LogP contribution in [0.4, 0.5) is 0 Å². The van der Waals surface area contributed by atoms with Crippen LogP contribution in [0.1, 0.15) is 17.5 Å². The van der Waals surface area contributed by atoms with Gasteiger partial charge in [-0.3, -0.25) is 4.79 Å². The molecule has 1 N–H and O–H groups in total. The fraction of sp³-hybridized carbons (Fsp3) is 0.238. The van der Waals surface area contributed by atoms with Gasteiger partial charge >= 0.3 is 0 Å². The smallest absolute Gasteiger partial charge is 0.243 e. The van der Waals surface area contributed by atoms with E-state index in [-0.39, 0.29) is 12.5 Å². The van der Waals surface area contributed by atoms with E-state index < -0.39 is 0 Å². The van der Waals surface area contributed by atoms with E-state index in [2.05, 4.69) is 17.4 Å². The summed E-state index contributed by atoms with van der Waals surface area (Å²) in [7, 11) is 1.53. The van der Waals surface area contributed by atoms with Crippen LogP contribution in [0.15, 0.2) is 54.6 Å². The van der Waals surface area contributed by atoms with E-state index in [1.807, 2.05) is 24.3 Å². The predicted octanol–water partition coefficient (Wildman–Crippen LogP) is 3.36. The quantitative estimate of drug-likeness (QED) is 0.556. The molecule has 0 aliphatic carbocycles. The Morgan fingerprint density at radius 1 is 1.19 bits per heavy atom. The van der Waals surface area contributed by atoms with Crippen LogP contribution in [0.5, 0.6) is 11.5 Å². The lowest BCUT2D eigenvalue weighted by Crippen LogP contribution is -2.22. The minimum Gasteiger partial charge on any atom is -0.493 e. The number of amides is 1.